The van der Waals surface area contributed by atoms with Gasteiger partial charge in [-0.15, -0.1) is 0 Å². The number of para-hydroxylation sites is 1. The normalized spacial score (nSPS) is 14.7. The average molecular weight is 514 g/mol. The predicted molar refractivity (Wildman–Crippen MR) is 149 cm³/mol. The summed E-state index contributed by atoms with van der Waals surface area (Å²) < 4.78 is 1.72. The van der Waals surface area contributed by atoms with E-state index in [4.69, 9.17) is 11.6 Å². The molecule has 0 bridgehead atoms. The Labute approximate surface area is 223 Å². The molecule has 0 unspecified atom stereocenters. The molecular weight excluding hydrogens is 482 g/mol. The molecular formula is C31H32ClN3O2. The maximum absolute atomic E-state index is 13.8. The summed E-state index contributed by atoms with van der Waals surface area (Å²) in [6, 6.07) is 25.0. The van der Waals surface area contributed by atoms with Crippen molar-refractivity contribution in [2.75, 3.05) is 26.7 Å². The van der Waals surface area contributed by atoms with Crippen molar-refractivity contribution in [1.29, 1.82) is 0 Å². The fraction of sp³-hybridized carbons (Fsp3) is 0.290. The van der Waals surface area contributed by atoms with Crippen LogP contribution in [0, 0.1) is 6.92 Å². The number of nitrogens with zero attached hydrogens (tertiary/aromatic N) is 3. The molecule has 5 rings (SSSR count). The summed E-state index contributed by atoms with van der Waals surface area (Å²) in [7, 11) is 1.91. The van der Waals surface area contributed by atoms with Crippen molar-refractivity contribution in [1.82, 2.24) is 14.4 Å². The van der Waals surface area contributed by atoms with Crippen LogP contribution in [0.3, 0.4) is 0 Å². The second kappa shape index (κ2) is 10.9. The largest absolute Gasteiger partial charge is 0.337 e. The van der Waals surface area contributed by atoms with Crippen LogP contribution in [0.5, 0.6) is 0 Å². The number of aromatic nitrogens is 1. The quantitative estimate of drug-likeness (QED) is 0.298. The Kier molecular flexibility index (Phi) is 7.45. The molecule has 1 saturated heterocycles. The SMILES string of the molecule is Cc1c(CC(=O)N(C)[C@H](CN2CCCC2)c2ccccc2)c2ccccc2n1C(=O)c1ccc(Cl)cc1. The number of amides is 1. The van der Waals surface area contributed by atoms with Gasteiger partial charge in [-0.25, -0.2) is 0 Å². The van der Waals surface area contributed by atoms with Crippen molar-refractivity contribution in [3.05, 3.63) is 106 Å². The van der Waals surface area contributed by atoms with Gasteiger partial charge < -0.3 is 9.80 Å². The highest BCUT2D eigenvalue weighted by Crippen LogP contribution is 2.30. The van der Waals surface area contributed by atoms with Gasteiger partial charge in [0, 0.05) is 35.3 Å². The van der Waals surface area contributed by atoms with Gasteiger partial charge in [-0.2, -0.15) is 0 Å². The Bertz CT molecular complexity index is 1410. The molecule has 1 fully saturated rings. The summed E-state index contributed by atoms with van der Waals surface area (Å²) in [5, 5.41) is 1.52. The number of carbonyl (C=O) groups excluding carboxylic acids is 2. The summed E-state index contributed by atoms with van der Waals surface area (Å²) in [6.07, 6.45) is 2.64. The Hall–Kier alpha value is -3.41. The second-order valence-electron chi connectivity index (χ2n) is 9.84. The van der Waals surface area contributed by atoms with E-state index in [1.165, 1.54) is 12.8 Å². The third-order valence-corrected chi connectivity index (χ3v) is 7.79. The van der Waals surface area contributed by atoms with E-state index in [2.05, 4.69) is 17.0 Å². The van der Waals surface area contributed by atoms with E-state index in [9.17, 15) is 9.59 Å². The van der Waals surface area contributed by atoms with E-state index in [0.29, 0.717) is 10.6 Å². The van der Waals surface area contributed by atoms with E-state index in [0.717, 1.165) is 47.4 Å². The highest BCUT2D eigenvalue weighted by molar-refractivity contribution is 6.30. The maximum atomic E-state index is 13.8. The Morgan fingerprint density at radius 3 is 2.27 bits per heavy atom. The number of likely N-dealkylation sites (N-methyl/N-ethyl adjacent to an activating group) is 1. The molecule has 3 aromatic carbocycles. The van der Waals surface area contributed by atoms with Crippen LogP contribution in [0.25, 0.3) is 10.9 Å². The first-order valence-corrected chi connectivity index (χ1v) is 13.2. The van der Waals surface area contributed by atoms with Crippen LogP contribution in [0.2, 0.25) is 5.02 Å². The smallest absolute Gasteiger partial charge is 0.262 e. The van der Waals surface area contributed by atoms with E-state index in [1.807, 2.05) is 61.3 Å². The summed E-state index contributed by atoms with van der Waals surface area (Å²) in [5.74, 6) is -0.0911. The lowest BCUT2D eigenvalue weighted by molar-refractivity contribution is -0.131. The van der Waals surface area contributed by atoms with Gasteiger partial charge in [-0.3, -0.25) is 14.2 Å². The highest BCUT2D eigenvalue weighted by atomic mass is 35.5. The van der Waals surface area contributed by atoms with E-state index >= 15 is 0 Å². The molecule has 1 aliphatic heterocycles. The van der Waals surface area contributed by atoms with Gasteiger partial charge in [0.05, 0.1) is 18.0 Å². The monoisotopic (exact) mass is 513 g/mol. The molecule has 6 heteroatoms. The zero-order valence-corrected chi connectivity index (χ0v) is 22.1. The summed E-state index contributed by atoms with van der Waals surface area (Å²) in [4.78, 5) is 31.6. The van der Waals surface area contributed by atoms with Crippen LogP contribution >= 0.6 is 11.6 Å². The number of rotatable bonds is 7. The summed E-state index contributed by atoms with van der Waals surface area (Å²) in [5.41, 5.74) is 4.18. The standard InChI is InChI=1S/C31H32ClN3O2/c1-22-27(26-12-6-7-13-28(26)35(22)31(37)24-14-16-25(32)17-15-24)20-30(36)33(2)29(21-34-18-8-9-19-34)23-10-4-3-5-11-23/h3-7,10-17,29H,8-9,18-21H2,1-2H3/t29-/m1/s1. The minimum atomic E-state index is -0.131. The topological polar surface area (TPSA) is 45.6 Å². The molecule has 0 aliphatic carbocycles. The average Bonchev–Trinajstić information content (AvgIpc) is 3.53. The molecule has 1 aliphatic rings. The number of halogens is 1. The van der Waals surface area contributed by atoms with E-state index < -0.39 is 0 Å². The van der Waals surface area contributed by atoms with Gasteiger partial charge in [0.2, 0.25) is 5.91 Å². The van der Waals surface area contributed by atoms with Crippen LogP contribution in [0.4, 0.5) is 0 Å². The fourth-order valence-electron chi connectivity index (χ4n) is 5.43. The summed E-state index contributed by atoms with van der Waals surface area (Å²) >= 11 is 6.04. The highest BCUT2D eigenvalue weighted by Gasteiger charge is 2.28. The first-order valence-electron chi connectivity index (χ1n) is 12.9. The molecule has 4 aromatic rings. The van der Waals surface area contributed by atoms with Crippen LogP contribution < -0.4 is 0 Å². The number of likely N-dealkylation sites (tertiary alicyclic amines) is 1. The van der Waals surface area contributed by atoms with Crippen molar-refractivity contribution in [2.24, 2.45) is 0 Å². The molecule has 5 nitrogen and oxygen atoms in total. The van der Waals surface area contributed by atoms with Crippen LogP contribution in [-0.2, 0) is 11.2 Å². The zero-order valence-electron chi connectivity index (χ0n) is 21.4. The van der Waals surface area contributed by atoms with Gasteiger partial charge >= 0.3 is 0 Å². The number of fused-ring (bicyclic) bond motifs is 1. The molecule has 190 valence electrons. The number of hydrogen-bond donors (Lipinski definition) is 0. The van der Waals surface area contributed by atoms with Gasteiger partial charge in [0.25, 0.3) is 5.91 Å². The van der Waals surface area contributed by atoms with Gasteiger partial charge in [-0.05, 0) is 74.3 Å². The lowest BCUT2D eigenvalue weighted by Crippen LogP contribution is -2.39. The predicted octanol–water partition coefficient (Wildman–Crippen LogP) is 6.13. The van der Waals surface area contributed by atoms with E-state index in [-0.39, 0.29) is 24.3 Å². The second-order valence-corrected chi connectivity index (χ2v) is 10.3. The Morgan fingerprint density at radius 2 is 1.57 bits per heavy atom. The van der Waals surface area contributed by atoms with Crippen molar-refractivity contribution < 1.29 is 9.59 Å². The molecule has 37 heavy (non-hydrogen) atoms. The molecule has 0 spiro atoms. The first-order chi connectivity index (χ1) is 17.9. The minimum absolute atomic E-state index is 0.0313. The molecule has 0 radical (unpaired) electrons. The Balaban J connectivity index is 1.47. The number of hydrogen-bond acceptors (Lipinski definition) is 3. The zero-order chi connectivity index (χ0) is 25.9. The molecule has 1 aromatic heterocycles. The van der Waals surface area contributed by atoms with Crippen molar-refractivity contribution in [2.45, 2.75) is 32.2 Å². The maximum Gasteiger partial charge on any atom is 0.262 e. The van der Waals surface area contributed by atoms with Crippen molar-refractivity contribution >= 4 is 34.3 Å². The number of benzene rings is 3. The molecule has 2 heterocycles. The van der Waals surface area contributed by atoms with Gasteiger partial charge in [-0.1, -0.05) is 60.1 Å². The van der Waals surface area contributed by atoms with E-state index in [1.54, 1.807) is 28.8 Å². The molecule has 0 saturated carbocycles. The molecule has 0 N–H and O–H groups in total. The molecule has 1 amide bonds. The van der Waals surface area contributed by atoms with Crippen molar-refractivity contribution in [3.8, 4) is 0 Å². The number of carbonyl (C=O) groups is 2. The lowest BCUT2D eigenvalue weighted by atomic mass is 10.0. The fourth-order valence-corrected chi connectivity index (χ4v) is 5.55. The van der Waals surface area contributed by atoms with Crippen LogP contribution in [0.15, 0.2) is 78.9 Å². The van der Waals surface area contributed by atoms with Gasteiger partial charge in [0.1, 0.15) is 0 Å². The summed E-state index contributed by atoms with van der Waals surface area (Å²) in [6.45, 7) is 4.90. The van der Waals surface area contributed by atoms with Crippen LogP contribution in [-0.4, -0.2) is 52.9 Å². The molecule has 1 atom stereocenters. The first kappa shape index (κ1) is 25.2. The lowest BCUT2D eigenvalue weighted by Gasteiger charge is -2.32. The van der Waals surface area contributed by atoms with Crippen LogP contribution in [0.1, 0.15) is 46.1 Å². The van der Waals surface area contributed by atoms with Crippen molar-refractivity contribution in [3.63, 3.8) is 0 Å². The third-order valence-electron chi connectivity index (χ3n) is 7.54. The third kappa shape index (κ3) is 5.20. The minimum Gasteiger partial charge on any atom is -0.337 e. The Morgan fingerprint density at radius 1 is 0.919 bits per heavy atom. The van der Waals surface area contributed by atoms with Gasteiger partial charge in [0.15, 0.2) is 0 Å².